The van der Waals surface area contributed by atoms with Crippen molar-refractivity contribution >= 4 is 24.1 Å². The van der Waals surface area contributed by atoms with Crippen molar-refractivity contribution in [2.75, 3.05) is 6.61 Å². The van der Waals surface area contributed by atoms with Crippen LogP contribution >= 0.6 is 12.2 Å². The second-order valence-electron chi connectivity index (χ2n) is 5.49. The molecule has 0 amide bonds. The van der Waals surface area contributed by atoms with Gasteiger partial charge >= 0.3 is 0 Å². The van der Waals surface area contributed by atoms with Crippen molar-refractivity contribution in [1.82, 2.24) is 9.55 Å². The van der Waals surface area contributed by atoms with Gasteiger partial charge in [-0.05, 0) is 67.7 Å². The SMILES string of the molecule is CCOc1ccc(N=Cc2c(O)n(-c3ccc(F)cc3)c(=S)[nH]c2=O)cc1. The molecular weight excluding hydrogens is 369 g/mol. The van der Waals surface area contributed by atoms with E-state index >= 15 is 0 Å². The normalized spacial score (nSPS) is 11.0. The molecule has 0 aliphatic carbocycles. The van der Waals surface area contributed by atoms with Crippen LogP contribution in [0.25, 0.3) is 5.69 Å². The highest BCUT2D eigenvalue weighted by Crippen LogP contribution is 2.21. The minimum Gasteiger partial charge on any atom is -0.494 e. The summed E-state index contributed by atoms with van der Waals surface area (Å²) in [5.74, 6) is -0.0988. The number of nitrogens with zero attached hydrogens (tertiary/aromatic N) is 2. The van der Waals surface area contributed by atoms with Crippen LogP contribution in [-0.2, 0) is 0 Å². The zero-order valence-electron chi connectivity index (χ0n) is 14.3. The maximum absolute atomic E-state index is 13.1. The third-order valence-electron chi connectivity index (χ3n) is 3.70. The fourth-order valence-electron chi connectivity index (χ4n) is 2.42. The molecule has 1 aromatic heterocycles. The maximum atomic E-state index is 13.1. The highest BCUT2D eigenvalue weighted by atomic mass is 32.1. The van der Waals surface area contributed by atoms with Gasteiger partial charge in [-0.3, -0.25) is 19.3 Å². The van der Waals surface area contributed by atoms with Crippen molar-refractivity contribution in [1.29, 1.82) is 0 Å². The van der Waals surface area contributed by atoms with E-state index < -0.39 is 11.4 Å². The number of aromatic amines is 1. The van der Waals surface area contributed by atoms with Gasteiger partial charge in [0, 0.05) is 6.21 Å². The van der Waals surface area contributed by atoms with Gasteiger partial charge < -0.3 is 9.84 Å². The highest BCUT2D eigenvalue weighted by molar-refractivity contribution is 7.71. The molecule has 1 heterocycles. The Morgan fingerprint density at radius 3 is 2.52 bits per heavy atom. The lowest BCUT2D eigenvalue weighted by molar-refractivity contribution is 0.340. The van der Waals surface area contributed by atoms with Gasteiger partial charge in [-0.1, -0.05) is 0 Å². The van der Waals surface area contributed by atoms with Crippen molar-refractivity contribution in [3.63, 3.8) is 0 Å². The molecule has 0 saturated heterocycles. The van der Waals surface area contributed by atoms with Crippen molar-refractivity contribution in [3.8, 4) is 17.3 Å². The summed E-state index contributed by atoms with van der Waals surface area (Å²) in [6, 6.07) is 12.3. The van der Waals surface area contributed by atoms with E-state index in [1.54, 1.807) is 24.3 Å². The zero-order valence-corrected chi connectivity index (χ0v) is 15.2. The van der Waals surface area contributed by atoms with E-state index in [0.29, 0.717) is 23.7 Å². The summed E-state index contributed by atoms with van der Waals surface area (Å²) >= 11 is 5.11. The Balaban J connectivity index is 2.00. The van der Waals surface area contributed by atoms with E-state index in [1.165, 1.54) is 35.0 Å². The molecule has 138 valence electrons. The van der Waals surface area contributed by atoms with Crippen LogP contribution in [0.3, 0.4) is 0 Å². The van der Waals surface area contributed by atoms with Crippen LogP contribution in [0, 0.1) is 10.6 Å². The van der Waals surface area contributed by atoms with E-state index in [1.807, 2.05) is 6.92 Å². The molecule has 0 bridgehead atoms. The fourth-order valence-corrected chi connectivity index (χ4v) is 2.70. The van der Waals surface area contributed by atoms with Gasteiger partial charge in [-0.15, -0.1) is 0 Å². The van der Waals surface area contributed by atoms with Crippen molar-refractivity contribution in [3.05, 3.63) is 75.0 Å². The molecule has 2 aromatic carbocycles. The molecule has 0 atom stereocenters. The average molecular weight is 385 g/mol. The Hall–Kier alpha value is -3.26. The number of halogens is 1. The number of rotatable bonds is 5. The maximum Gasteiger partial charge on any atom is 0.264 e. The fraction of sp³-hybridized carbons (Fsp3) is 0.105. The number of hydrogen-bond donors (Lipinski definition) is 2. The van der Waals surface area contributed by atoms with Crippen LogP contribution in [0.5, 0.6) is 11.6 Å². The van der Waals surface area contributed by atoms with Crippen LogP contribution in [-0.4, -0.2) is 27.5 Å². The first kappa shape index (κ1) is 18.5. The molecule has 2 N–H and O–H groups in total. The highest BCUT2D eigenvalue weighted by Gasteiger charge is 2.12. The summed E-state index contributed by atoms with van der Waals surface area (Å²) in [6.45, 7) is 2.45. The van der Waals surface area contributed by atoms with Crippen LogP contribution < -0.4 is 10.3 Å². The van der Waals surface area contributed by atoms with Crippen molar-refractivity contribution in [2.24, 2.45) is 4.99 Å². The Labute approximate surface area is 159 Å². The Kier molecular flexibility index (Phi) is 5.46. The van der Waals surface area contributed by atoms with Crippen LogP contribution in [0.4, 0.5) is 10.1 Å². The predicted octanol–water partition coefficient (Wildman–Crippen LogP) is 3.89. The van der Waals surface area contributed by atoms with E-state index in [4.69, 9.17) is 17.0 Å². The molecule has 0 aliphatic heterocycles. The summed E-state index contributed by atoms with van der Waals surface area (Å²) in [5.41, 5.74) is 0.339. The Morgan fingerprint density at radius 2 is 1.89 bits per heavy atom. The van der Waals surface area contributed by atoms with Gasteiger partial charge in [-0.2, -0.15) is 0 Å². The summed E-state index contributed by atoms with van der Waals surface area (Å²) in [4.78, 5) is 18.9. The van der Waals surface area contributed by atoms with Gasteiger partial charge in [0.2, 0.25) is 5.88 Å². The largest absolute Gasteiger partial charge is 0.494 e. The topological polar surface area (TPSA) is 79.6 Å². The number of H-pyrrole nitrogens is 1. The molecule has 6 nitrogen and oxygen atoms in total. The number of aromatic nitrogens is 2. The molecule has 0 unspecified atom stereocenters. The second-order valence-corrected chi connectivity index (χ2v) is 5.88. The third-order valence-corrected chi connectivity index (χ3v) is 3.98. The third kappa shape index (κ3) is 4.12. The molecular formula is C19H16FN3O3S. The van der Waals surface area contributed by atoms with Gasteiger partial charge in [0.1, 0.15) is 17.1 Å². The van der Waals surface area contributed by atoms with Gasteiger partial charge in [-0.25, -0.2) is 4.39 Å². The number of benzene rings is 2. The second kappa shape index (κ2) is 7.96. The Morgan fingerprint density at radius 1 is 1.22 bits per heavy atom. The van der Waals surface area contributed by atoms with Gasteiger partial charge in [0.15, 0.2) is 4.77 Å². The minimum absolute atomic E-state index is 0.0117. The summed E-state index contributed by atoms with van der Waals surface area (Å²) < 4.78 is 19.7. The predicted molar refractivity (Wildman–Crippen MR) is 104 cm³/mol. The van der Waals surface area contributed by atoms with Crippen LogP contribution in [0.15, 0.2) is 58.3 Å². The molecule has 3 aromatic rings. The average Bonchev–Trinajstić information content (AvgIpc) is 2.64. The number of ether oxygens (including phenoxy) is 1. The lowest BCUT2D eigenvalue weighted by Crippen LogP contribution is -2.18. The molecule has 0 aliphatic rings. The Bertz CT molecular complexity index is 1090. The van der Waals surface area contributed by atoms with Crippen molar-refractivity contribution < 1.29 is 14.2 Å². The van der Waals surface area contributed by atoms with Crippen molar-refractivity contribution in [2.45, 2.75) is 6.92 Å². The number of aliphatic imine (C=N–C) groups is 1. The first-order chi connectivity index (χ1) is 13.0. The molecule has 3 rings (SSSR count). The van der Waals surface area contributed by atoms with Gasteiger partial charge in [0.05, 0.1) is 18.0 Å². The van der Waals surface area contributed by atoms with E-state index in [9.17, 15) is 14.3 Å². The van der Waals surface area contributed by atoms with E-state index in [0.717, 1.165) is 0 Å². The first-order valence-corrected chi connectivity index (χ1v) is 8.51. The molecule has 0 spiro atoms. The van der Waals surface area contributed by atoms with E-state index in [-0.39, 0.29) is 16.2 Å². The summed E-state index contributed by atoms with van der Waals surface area (Å²) in [6.07, 6.45) is 1.25. The summed E-state index contributed by atoms with van der Waals surface area (Å²) in [5, 5.41) is 10.5. The molecule has 27 heavy (non-hydrogen) atoms. The first-order valence-electron chi connectivity index (χ1n) is 8.10. The number of hydrogen-bond acceptors (Lipinski definition) is 5. The zero-order chi connectivity index (χ0) is 19.4. The van der Waals surface area contributed by atoms with E-state index in [2.05, 4.69) is 9.98 Å². The molecule has 0 saturated carbocycles. The smallest absolute Gasteiger partial charge is 0.264 e. The number of nitrogens with one attached hydrogen (secondary N) is 1. The number of aromatic hydroxyl groups is 1. The molecule has 0 fully saturated rings. The lowest BCUT2D eigenvalue weighted by atomic mass is 10.2. The summed E-state index contributed by atoms with van der Waals surface area (Å²) in [7, 11) is 0. The van der Waals surface area contributed by atoms with Gasteiger partial charge in [0.25, 0.3) is 5.56 Å². The molecule has 8 heteroatoms. The standard InChI is InChI=1S/C19H16FN3O3S/c1-2-26-15-9-5-13(6-10-15)21-11-16-17(24)22-19(27)23(18(16)25)14-7-3-12(20)4-8-14/h3-11,25H,2H2,1H3,(H,22,24,27). The molecule has 0 radical (unpaired) electrons. The minimum atomic E-state index is -0.578. The van der Waals surface area contributed by atoms with Crippen LogP contribution in [0.1, 0.15) is 12.5 Å². The lowest BCUT2D eigenvalue weighted by Gasteiger charge is -2.11. The monoisotopic (exact) mass is 385 g/mol. The van der Waals surface area contributed by atoms with Crippen LogP contribution in [0.2, 0.25) is 0 Å². The quantitative estimate of drug-likeness (QED) is 0.516.